The van der Waals surface area contributed by atoms with Gasteiger partial charge in [0.2, 0.25) is 9.84 Å². The van der Waals surface area contributed by atoms with Crippen molar-refractivity contribution in [1.29, 1.82) is 5.26 Å². The number of anilines is 1. The van der Waals surface area contributed by atoms with Crippen LogP contribution in [0.3, 0.4) is 0 Å². The number of piperidine rings is 1. The Hall–Kier alpha value is -3.05. The summed E-state index contributed by atoms with van der Waals surface area (Å²) < 4.78 is 39.9. The third-order valence-electron chi connectivity index (χ3n) is 5.35. The van der Waals surface area contributed by atoms with Gasteiger partial charge in [-0.25, -0.2) is 22.8 Å². The SMILES string of the molecule is C[C@H]1CCCN(c2nc3ccccc3nc2[C@@H](C#N)S(=O)(=O)c2ccc(F)cc2)C1. The summed E-state index contributed by atoms with van der Waals surface area (Å²) in [5.41, 5.74) is 1.29. The van der Waals surface area contributed by atoms with Crippen molar-refractivity contribution in [2.45, 2.75) is 29.9 Å². The number of halogens is 1. The second-order valence-corrected chi connectivity index (χ2v) is 9.66. The molecule has 0 N–H and O–H groups in total. The van der Waals surface area contributed by atoms with E-state index in [9.17, 15) is 18.1 Å². The molecule has 154 valence electrons. The minimum atomic E-state index is -4.12. The van der Waals surface area contributed by atoms with Gasteiger partial charge in [0.05, 0.1) is 22.0 Å². The third kappa shape index (κ3) is 3.73. The van der Waals surface area contributed by atoms with E-state index in [4.69, 9.17) is 4.98 Å². The highest BCUT2D eigenvalue weighted by molar-refractivity contribution is 7.92. The van der Waals surface area contributed by atoms with Gasteiger partial charge in [-0.05, 0) is 55.2 Å². The predicted octanol–water partition coefficient (Wildman–Crippen LogP) is 4.04. The van der Waals surface area contributed by atoms with Gasteiger partial charge in [-0.1, -0.05) is 19.1 Å². The monoisotopic (exact) mass is 424 g/mol. The summed E-state index contributed by atoms with van der Waals surface area (Å²) in [6.07, 6.45) is 2.04. The molecule has 1 aliphatic rings. The van der Waals surface area contributed by atoms with Crippen LogP contribution < -0.4 is 4.90 Å². The van der Waals surface area contributed by atoms with Crippen LogP contribution in [0.1, 0.15) is 30.7 Å². The molecule has 8 heteroatoms. The summed E-state index contributed by atoms with van der Waals surface area (Å²) in [7, 11) is -4.12. The number of hydrogen-bond acceptors (Lipinski definition) is 6. The fraction of sp³-hybridized carbons (Fsp3) is 0.318. The van der Waals surface area contributed by atoms with Crippen molar-refractivity contribution in [2.24, 2.45) is 5.92 Å². The average Bonchev–Trinajstić information content (AvgIpc) is 2.74. The lowest BCUT2D eigenvalue weighted by molar-refractivity contribution is 0.443. The first-order valence-electron chi connectivity index (χ1n) is 9.81. The number of fused-ring (bicyclic) bond motifs is 1. The van der Waals surface area contributed by atoms with E-state index < -0.39 is 20.9 Å². The third-order valence-corrected chi connectivity index (χ3v) is 7.23. The Morgan fingerprint density at radius 1 is 1.13 bits per heavy atom. The quantitative estimate of drug-likeness (QED) is 0.588. The van der Waals surface area contributed by atoms with Crippen molar-refractivity contribution in [2.75, 3.05) is 18.0 Å². The molecule has 1 aromatic heterocycles. The number of para-hydroxylation sites is 2. The molecule has 0 radical (unpaired) electrons. The number of benzene rings is 2. The first-order chi connectivity index (χ1) is 14.4. The maximum atomic E-state index is 13.3. The smallest absolute Gasteiger partial charge is 0.200 e. The van der Waals surface area contributed by atoms with Crippen LogP contribution in [0, 0.1) is 23.1 Å². The van der Waals surface area contributed by atoms with Crippen molar-refractivity contribution < 1.29 is 12.8 Å². The van der Waals surface area contributed by atoms with Gasteiger partial charge in [0.1, 0.15) is 11.5 Å². The standard InChI is InChI=1S/C22H21FN4O2S/c1-15-5-4-12-27(14-15)22-21(25-18-6-2-3-7-19(18)26-22)20(13-24)30(28,29)17-10-8-16(23)9-11-17/h2-3,6-11,15,20H,4-5,12,14H2,1H3/t15-,20+/m0/s1. The van der Waals surface area contributed by atoms with E-state index in [1.165, 1.54) is 12.1 Å². The fourth-order valence-electron chi connectivity index (χ4n) is 3.83. The number of rotatable bonds is 4. The summed E-state index contributed by atoms with van der Waals surface area (Å²) in [5, 5.41) is 8.34. The largest absolute Gasteiger partial charge is 0.355 e. The molecule has 0 aliphatic carbocycles. The lowest BCUT2D eigenvalue weighted by atomic mass is 10.00. The van der Waals surface area contributed by atoms with Crippen molar-refractivity contribution in [3.8, 4) is 6.07 Å². The summed E-state index contributed by atoms with van der Waals surface area (Å²) in [5.74, 6) is 0.308. The van der Waals surface area contributed by atoms with Crippen molar-refractivity contribution in [1.82, 2.24) is 9.97 Å². The van der Waals surface area contributed by atoms with Crippen LogP contribution in [-0.2, 0) is 9.84 Å². The van der Waals surface area contributed by atoms with Crippen LogP contribution in [0.5, 0.6) is 0 Å². The van der Waals surface area contributed by atoms with E-state index in [0.29, 0.717) is 22.8 Å². The molecule has 0 bridgehead atoms. The fourth-order valence-corrected chi connectivity index (χ4v) is 5.21. The van der Waals surface area contributed by atoms with Crippen molar-refractivity contribution in [3.05, 3.63) is 60.0 Å². The zero-order valence-corrected chi connectivity index (χ0v) is 17.3. The highest BCUT2D eigenvalue weighted by Gasteiger charge is 2.35. The molecule has 2 heterocycles. The van der Waals surface area contributed by atoms with Gasteiger partial charge >= 0.3 is 0 Å². The minimum absolute atomic E-state index is 0.120. The molecule has 2 aromatic carbocycles. The van der Waals surface area contributed by atoms with Crippen LogP contribution in [0.4, 0.5) is 10.2 Å². The summed E-state index contributed by atoms with van der Waals surface area (Å²) >= 11 is 0. The molecule has 2 atom stereocenters. The van der Waals surface area contributed by atoms with E-state index in [1.54, 1.807) is 12.1 Å². The molecule has 4 rings (SSSR count). The van der Waals surface area contributed by atoms with E-state index in [0.717, 1.165) is 38.1 Å². The first-order valence-corrected chi connectivity index (χ1v) is 11.4. The summed E-state index contributed by atoms with van der Waals surface area (Å²) in [6.45, 7) is 3.57. The number of aromatic nitrogens is 2. The van der Waals surface area contributed by atoms with Crippen LogP contribution in [0.2, 0.25) is 0 Å². The molecule has 0 amide bonds. The zero-order chi connectivity index (χ0) is 21.3. The Morgan fingerprint density at radius 3 is 2.43 bits per heavy atom. The first kappa shape index (κ1) is 20.2. The second kappa shape index (κ2) is 8.00. The van der Waals surface area contributed by atoms with Crippen LogP contribution in [-0.4, -0.2) is 31.5 Å². The number of nitriles is 1. The Bertz CT molecular complexity index is 1220. The Morgan fingerprint density at radius 2 is 1.80 bits per heavy atom. The molecular formula is C22H21FN4O2S. The van der Waals surface area contributed by atoms with Gasteiger partial charge in [0, 0.05) is 13.1 Å². The molecule has 3 aromatic rings. The van der Waals surface area contributed by atoms with Gasteiger partial charge in [-0.15, -0.1) is 0 Å². The van der Waals surface area contributed by atoms with E-state index in [1.807, 2.05) is 23.1 Å². The Labute approximate surface area is 174 Å². The van der Waals surface area contributed by atoms with Gasteiger partial charge in [0.25, 0.3) is 0 Å². The number of hydrogen-bond donors (Lipinski definition) is 0. The van der Waals surface area contributed by atoms with Gasteiger partial charge < -0.3 is 4.90 Å². The van der Waals surface area contributed by atoms with Crippen LogP contribution in [0.15, 0.2) is 53.4 Å². The molecule has 0 spiro atoms. The normalized spacial score (nSPS) is 18.2. The van der Waals surface area contributed by atoms with Crippen LogP contribution >= 0.6 is 0 Å². The van der Waals surface area contributed by atoms with E-state index >= 15 is 0 Å². The molecule has 0 saturated carbocycles. The van der Waals surface area contributed by atoms with Crippen molar-refractivity contribution >= 4 is 26.7 Å². The molecule has 1 aliphatic heterocycles. The lowest BCUT2D eigenvalue weighted by Gasteiger charge is -2.33. The maximum absolute atomic E-state index is 13.3. The Balaban J connectivity index is 1.89. The number of nitrogens with zero attached hydrogens (tertiary/aromatic N) is 4. The zero-order valence-electron chi connectivity index (χ0n) is 16.5. The average molecular weight is 425 g/mol. The minimum Gasteiger partial charge on any atom is -0.355 e. The topological polar surface area (TPSA) is 86.9 Å². The van der Waals surface area contributed by atoms with Gasteiger partial charge in [-0.3, -0.25) is 0 Å². The molecule has 0 unspecified atom stereocenters. The van der Waals surface area contributed by atoms with Crippen molar-refractivity contribution in [3.63, 3.8) is 0 Å². The molecular weight excluding hydrogens is 403 g/mol. The molecule has 30 heavy (non-hydrogen) atoms. The molecule has 6 nitrogen and oxygen atoms in total. The second-order valence-electron chi connectivity index (χ2n) is 7.62. The molecule has 1 saturated heterocycles. The van der Waals surface area contributed by atoms with E-state index in [-0.39, 0.29) is 10.6 Å². The maximum Gasteiger partial charge on any atom is 0.200 e. The van der Waals surface area contributed by atoms with Gasteiger partial charge in [0.15, 0.2) is 11.1 Å². The summed E-state index contributed by atoms with van der Waals surface area (Å²) in [4.78, 5) is 11.2. The molecule has 1 fully saturated rings. The number of sulfone groups is 1. The highest BCUT2D eigenvalue weighted by atomic mass is 32.2. The predicted molar refractivity (Wildman–Crippen MR) is 112 cm³/mol. The van der Waals surface area contributed by atoms with Crippen LogP contribution in [0.25, 0.3) is 11.0 Å². The Kier molecular flexibility index (Phi) is 5.39. The summed E-state index contributed by atoms with van der Waals surface area (Å²) in [6, 6.07) is 13.6. The van der Waals surface area contributed by atoms with Gasteiger partial charge in [-0.2, -0.15) is 5.26 Å². The highest BCUT2D eigenvalue weighted by Crippen LogP contribution is 2.35. The van der Waals surface area contributed by atoms with E-state index in [2.05, 4.69) is 11.9 Å². The lowest BCUT2D eigenvalue weighted by Crippen LogP contribution is -2.36.